The van der Waals surface area contributed by atoms with Gasteiger partial charge in [0, 0.05) is 0 Å². The van der Waals surface area contributed by atoms with Gasteiger partial charge in [0.1, 0.15) is 0 Å². The molecule has 0 amide bonds. The molecular weight excluding hydrogens is 291 g/mol. The van der Waals surface area contributed by atoms with E-state index in [0.717, 1.165) is 6.61 Å². The Labute approximate surface area is 104 Å². The van der Waals surface area contributed by atoms with Crippen LogP contribution in [0.3, 0.4) is 0 Å². The number of hydrogen-bond donors (Lipinski definition) is 0. The molecule has 15 heavy (non-hydrogen) atoms. The Morgan fingerprint density at radius 1 is 0.733 bits per heavy atom. The van der Waals surface area contributed by atoms with Gasteiger partial charge in [-0.3, -0.25) is 0 Å². The summed E-state index contributed by atoms with van der Waals surface area (Å²) in [6.45, 7) is 7.92. The zero-order valence-electron chi connectivity index (χ0n) is 11.0. The predicted molar refractivity (Wildman–Crippen MR) is 70.7 cm³/mol. The Kier molecular flexibility index (Phi) is 13.5. The third-order valence-corrected chi connectivity index (χ3v) is 10.0. The van der Waals surface area contributed by atoms with E-state index in [2.05, 4.69) is 20.8 Å². The number of unbranched alkanes of at least 4 members (excludes halogenated alkanes) is 4. The zero-order chi connectivity index (χ0) is 11.4. The summed E-state index contributed by atoms with van der Waals surface area (Å²) in [6, 6.07) is 0. The molecule has 0 aliphatic carbocycles. The molecule has 0 atom stereocenters. The number of hydrogen-bond acceptors (Lipinski definition) is 1. The van der Waals surface area contributed by atoms with Gasteiger partial charge in [-0.2, -0.15) is 0 Å². The van der Waals surface area contributed by atoms with Crippen LogP contribution in [0.5, 0.6) is 0 Å². The average Bonchev–Trinajstić information content (AvgIpc) is 2.25. The van der Waals surface area contributed by atoms with Crippen molar-refractivity contribution in [3.63, 3.8) is 0 Å². The minimum absolute atomic E-state index is 1.07. The van der Waals surface area contributed by atoms with Gasteiger partial charge in [0.2, 0.25) is 0 Å². The molecule has 0 fully saturated rings. The van der Waals surface area contributed by atoms with Crippen LogP contribution in [-0.4, -0.2) is 26.8 Å². The van der Waals surface area contributed by atoms with Crippen molar-refractivity contribution >= 4 is 20.2 Å². The van der Waals surface area contributed by atoms with Crippen LogP contribution in [0.4, 0.5) is 0 Å². The van der Waals surface area contributed by atoms with Crippen molar-refractivity contribution in [2.45, 2.75) is 74.6 Å². The number of rotatable bonds is 11. The third-order valence-electron chi connectivity index (χ3n) is 2.64. The monoisotopic (exact) mass is 321 g/mol. The molecule has 2 heteroatoms. The Hall–Kier alpha value is 0.759. The summed E-state index contributed by atoms with van der Waals surface area (Å²) in [6.07, 6.45) is 9.46. The minimum atomic E-state index is -1.36. The molecule has 0 N–H and O–H groups in total. The SMILES string of the molecule is CCCCCC[O][Sn]([CH2]CC)[CH2]CCC. The van der Waals surface area contributed by atoms with Gasteiger partial charge in [-0.1, -0.05) is 0 Å². The first kappa shape index (κ1) is 15.8. The molecule has 0 aliphatic heterocycles. The molecular formula is C13H29OSn. The van der Waals surface area contributed by atoms with E-state index in [1.807, 2.05) is 0 Å². The third kappa shape index (κ3) is 11.0. The van der Waals surface area contributed by atoms with Gasteiger partial charge in [0.05, 0.1) is 0 Å². The summed E-state index contributed by atoms with van der Waals surface area (Å²) < 4.78 is 9.03. The van der Waals surface area contributed by atoms with Crippen LogP contribution in [0.1, 0.15) is 65.7 Å². The molecule has 0 unspecified atom stereocenters. The summed E-state index contributed by atoms with van der Waals surface area (Å²) in [4.78, 5) is 0. The first-order valence-electron chi connectivity index (χ1n) is 6.82. The van der Waals surface area contributed by atoms with Crippen molar-refractivity contribution in [2.24, 2.45) is 0 Å². The van der Waals surface area contributed by atoms with E-state index >= 15 is 0 Å². The van der Waals surface area contributed by atoms with Gasteiger partial charge in [-0.25, -0.2) is 0 Å². The molecule has 0 aromatic carbocycles. The van der Waals surface area contributed by atoms with E-state index in [-0.39, 0.29) is 0 Å². The van der Waals surface area contributed by atoms with Gasteiger partial charge < -0.3 is 0 Å². The summed E-state index contributed by atoms with van der Waals surface area (Å²) >= 11 is -1.36. The maximum absolute atomic E-state index is 6.13. The van der Waals surface area contributed by atoms with Crippen molar-refractivity contribution in [3.8, 4) is 0 Å². The fourth-order valence-electron chi connectivity index (χ4n) is 1.67. The molecule has 1 radical (unpaired) electrons. The fourth-order valence-corrected chi connectivity index (χ4v) is 8.17. The van der Waals surface area contributed by atoms with Gasteiger partial charge in [-0.15, -0.1) is 0 Å². The van der Waals surface area contributed by atoms with Crippen molar-refractivity contribution in [2.75, 3.05) is 6.61 Å². The maximum atomic E-state index is 6.13. The van der Waals surface area contributed by atoms with E-state index in [4.69, 9.17) is 3.07 Å². The van der Waals surface area contributed by atoms with Crippen LogP contribution in [-0.2, 0) is 3.07 Å². The molecule has 0 heterocycles. The molecule has 0 aliphatic rings. The summed E-state index contributed by atoms with van der Waals surface area (Å²) in [5.41, 5.74) is 0. The fraction of sp³-hybridized carbons (Fsp3) is 1.00. The first-order chi connectivity index (χ1) is 7.35. The van der Waals surface area contributed by atoms with Crippen LogP contribution in [0.15, 0.2) is 0 Å². The Morgan fingerprint density at radius 3 is 2.07 bits per heavy atom. The van der Waals surface area contributed by atoms with E-state index in [1.165, 1.54) is 53.8 Å². The second kappa shape index (κ2) is 12.8. The standard InChI is InChI=1S/C6H13O.C4H9.C3H7.Sn/c1-2-3-4-5-6-7;1-3-4-2;1-3-2;/h2-6H2,1H3;1,3-4H2,2H3;1,3H2,2H3;/q-1;;;+1. The van der Waals surface area contributed by atoms with E-state index in [0.29, 0.717) is 0 Å². The second-order valence-corrected chi connectivity index (χ2v) is 11.1. The first-order valence-corrected chi connectivity index (χ1v) is 12.0. The molecule has 0 saturated heterocycles. The van der Waals surface area contributed by atoms with Crippen molar-refractivity contribution in [1.29, 1.82) is 0 Å². The molecule has 1 nitrogen and oxygen atoms in total. The van der Waals surface area contributed by atoms with Crippen molar-refractivity contribution < 1.29 is 3.07 Å². The molecule has 91 valence electrons. The van der Waals surface area contributed by atoms with E-state index in [1.54, 1.807) is 0 Å². The van der Waals surface area contributed by atoms with Crippen molar-refractivity contribution in [1.82, 2.24) is 0 Å². The van der Waals surface area contributed by atoms with E-state index < -0.39 is 20.2 Å². The quantitative estimate of drug-likeness (QED) is 0.393. The molecule has 0 bridgehead atoms. The van der Waals surface area contributed by atoms with Crippen LogP contribution >= 0.6 is 0 Å². The molecule has 0 aromatic rings. The molecule has 0 saturated carbocycles. The van der Waals surface area contributed by atoms with Crippen molar-refractivity contribution in [3.05, 3.63) is 0 Å². The zero-order valence-corrected chi connectivity index (χ0v) is 13.8. The van der Waals surface area contributed by atoms with Gasteiger partial charge in [-0.05, 0) is 0 Å². The Morgan fingerprint density at radius 2 is 1.47 bits per heavy atom. The summed E-state index contributed by atoms with van der Waals surface area (Å²) in [5.74, 6) is 0. The van der Waals surface area contributed by atoms with Crippen LogP contribution in [0.2, 0.25) is 8.87 Å². The average molecular weight is 320 g/mol. The van der Waals surface area contributed by atoms with Crippen LogP contribution < -0.4 is 0 Å². The second-order valence-electron chi connectivity index (χ2n) is 4.30. The summed E-state index contributed by atoms with van der Waals surface area (Å²) in [5, 5.41) is 0. The Bertz CT molecular complexity index is 117. The topological polar surface area (TPSA) is 9.23 Å². The van der Waals surface area contributed by atoms with Crippen LogP contribution in [0.25, 0.3) is 0 Å². The van der Waals surface area contributed by atoms with Crippen LogP contribution in [0, 0.1) is 0 Å². The Balaban J connectivity index is 3.38. The molecule has 0 aromatic heterocycles. The predicted octanol–water partition coefficient (Wildman–Crippen LogP) is 4.78. The van der Waals surface area contributed by atoms with Gasteiger partial charge in [0.25, 0.3) is 0 Å². The molecule has 0 rings (SSSR count). The molecule has 0 spiro atoms. The summed E-state index contributed by atoms with van der Waals surface area (Å²) in [7, 11) is 0. The van der Waals surface area contributed by atoms with Gasteiger partial charge >= 0.3 is 104 Å². The van der Waals surface area contributed by atoms with Gasteiger partial charge in [0.15, 0.2) is 0 Å². The normalized spacial score (nSPS) is 11.2. The van der Waals surface area contributed by atoms with E-state index in [9.17, 15) is 0 Å².